The van der Waals surface area contributed by atoms with E-state index in [1.165, 1.54) is 16.3 Å². The predicted octanol–water partition coefficient (Wildman–Crippen LogP) is 2.76. The molecule has 4 rings (SSSR count). The van der Waals surface area contributed by atoms with Crippen LogP contribution >= 0.6 is 11.8 Å². The van der Waals surface area contributed by atoms with Crippen LogP contribution in [0.2, 0.25) is 0 Å². The molecule has 32 heavy (non-hydrogen) atoms. The molecular formula is C23H26N4O4S. The van der Waals surface area contributed by atoms with Crippen LogP contribution in [0.25, 0.3) is 21.9 Å². The van der Waals surface area contributed by atoms with Gasteiger partial charge in [-0.1, -0.05) is 62.0 Å². The van der Waals surface area contributed by atoms with E-state index in [1.54, 1.807) is 11.6 Å². The molecule has 0 unspecified atom stereocenters. The zero-order valence-corrected chi connectivity index (χ0v) is 19.1. The number of aromatic nitrogens is 4. The lowest BCUT2D eigenvalue weighted by atomic mass is 10.1. The maximum Gasteiger partial charge on any atom is 0.329 e. The first-order valence-electron chi connectivity index (χ1n) is 10.5. The molecule has 9 heteroatoms. The molecule has 0 saturated heterocycles. The molecule has 0 spiro atoms. The molecule has 0 aliphatic carbocycles. The number of hydrogen-bond donors (Lipinski definition) is 2. The third-order valence-electron chi connectivity index (χ3n) is 5.09. The topological polar surface area (TPSA) is 102 Å². The lowest BCUT2D eigenvalue weighted by molar-refractivity contribution is 0.0921. The zero-order chi connectivity index (χ0) is 22.8. The molecule has 2 aromatic carbocycles. The monoisotopic (exact) mass is 454 g/mol. The van der Waals surface area contributed by atoms with E-state index in [0.717, 1.165) is 16.5 Å². The van der Waals surface area contributed by atoms with Gasteiger partial charge in [0.05, 0.1) is 6.54 Å². The Hall–Kier alpha value is -3.04. The summed E-state index contributed by atoms with van der Waals surface area (Å²) in [7, 11) is 1.56. The number of aliphatic hydroxyl groups excluding tert-OH is 1. The Labute approximate surface area is 188 Å². The highest BCUT2D eigenvalue weighted by atomic mass is 32.2. The van der Waals surface area contributed by atoms with Gasteiger partial charge < -0.3 is 14.4 Å². The van der Waals surface area contributed by atoms with Crippen molar-refractivity contribution in [3.8, 4) is 5.75 Å². The largest absolute Gasteiger partial charge is 0.490 e. The molecule has 2 aromatic heterocycles. The van der Waals surface area contributed by atoms with Crippen LogP contribution in [0.4, 0.5) is 0 Å². The van der Waals surface area contributed by atoms with Crippen LogP contribution in [0.1, 0.15) is 13.8 Å². The van der Waals surface area contributed by atoms with Gasteiger partial charge in [0.1, 0.15) is 18.5 Å². The molecule has 2 heterocycles. The van der Waals surface area contributed by atoms with Crippen molar-refractivity contribution in [2.45, 2.75) is 31.7 Å². The van der Waals surface area contributed by atoms with Crippen molar-refractivity contribution < 1.29 is 9.84 Å². The van der Waals surface area contributed by atoms with Crippen molar-refractivity contribution >= 4 is 33.7 Å². The van der Waals surface area contributed by atoms with E-state index in [1.807, 2.05) is 42.5 Å². The third kappa shape index (κ3) is 4.44. The van der Waals surface area contributed by atoms with E-state index in [2.05, 4.69) is 23.8 Å². The lowest BCUT2D eigenvalue weighted by Crippen LogP contribution is -2.30. The van der Waals surface area contributed by atoms with Gasteiger partial charge >= 0.3 is 5.69 Å². The molecular weight excluding hydrogens is 428 g/mol. The Morgan fingerprint density at radius 1 is 1.16 bits per heavy atom. The number of ether oxygens (including phenoxy) is 1. The van der Waals surface area contributed by atoms with Crippen molar-refractivity contribution in [2.24, 2.45) is 13.0 Å². The van der Waals surface area contributed by atoms with Gasteiger partial charge in [-0.2, -0.15) is 0 Å². The zero-order valence-electron chi connectivity index (χ0n) is 18.2. The Balaban J connectivity index is 1.62. The maximum absolute atomic E-state index is 12.6. The van der Waals surface area contributed by atoms with Crippen LogP contribution in [-0.4, -0.2) is 42.7 Å². The number of aromatic amines is 1. The second kappa shape index (κ2) is 9.22. The van der Waals surface area contributed by atoms with Crippen molar-refractivity contribution in [3.63, 3.8) is 0 Å². The second-order valence-corrected chi connectivity index (χ2v) is 9.13. The van der Waals surface area contributed by atoms with Gasteiger partial charge in [-0.05, 0) is 17.4 Å². The molecule has 0 radical (unpaired) electrons. The molecule has 8 nitrogen and oxygen atoms in total. The minimum atomic E-state index is -0.888. The van der Waals surface area contributed by atoms with Gasteiger partial charge in [-0.3, -0.25) is 14.3 Å². The summed E-state index contributed by atoms with van der Waals surface area (Å²) in [5.74, 6) is 1.89. The number of rotatable bonds is 8. The van der Waals surface area contributed by atoms with Gasteiger partial charge in [0, 0.05) is 18.2 Å². The fourth-order valence-corrected chi connectivity index (χ4v) is 4.46. The first-order chi connectivity index (χ1) is 15.3. The summed E-state index contributed by atoms with van der Waals surface area (Å²) < 4.78 is 8.91. The highest BCUT2D eigenvalue weighted by molar-refractivity contribution is 7.99. The van der Waals surface area contributed by atoms with Crippen LogP contribution < -0.4 is 16.0 Å². The molecule has 0 aliphatic rings. The van der Waals surface area contributed by atoms with E-state index in [0.29, 0.717) is 22.5 Å². The minimum absolute atomic E-state index is 0.0473. The second-order valence-electron chi connectivity index (χ2n) is 8.14. The standard InChI is InChI=1S/C23H26N4O4S/c1-14(2)13-32-23-24-20-19(21(29)25-22(30)26(20)3)27(23)11-16(28)12-31-18-10-6-8-15-7-4-5-9-17(15)18/h4-10,14,16,28H,11-13H2,1-3H3,(H,25,29,30)/t16-/m1/s1. The van der Waals surface area contributed by atoms with Crippen molar-refractivity contribution in [1.29, 1.82) is 0 Å². The number of nitrogens with one attached hydrogen (secondary N) is 1. The van der Waals surface area contributed by atoms with Gasteiger partial charge in [0.25, 0.3) is 5.56 Å². The Morgan fingerprint density at radius 2 is 1.91 bits per heavy atom. The quantitative estimate of drug-likeness (QED) is 0.397. The van der Waals surface area contributed by atoms with Crippen LogP contribution in [0, 0.1) is 5.92 Å². The molecule has 1 atom stereocenters. The van der Waals surface area contributed by atoms with Crippen LogP contribution in [0.15, 0.2) is 57.2 Å². The number of thioether (sulfide) groups is 1. The van der Waals surface area contributed by atoms with Crippen LogP contribution in [-0.2, 0) is 13.6 Å². The van der Waals surface area contributed by atoms with Crippen molar-refractivity contribution in [3.05, 3.63) is 63.3 Å². The Bertz CT molecular complexity index is 1370. The fraction of sp³-hybridized carbons (Fsp3) is 0.348. The molecule has 4 aromatic rings. The summed E-state index contributed by atoms with van der Waals surface area (Å²) >= 11 is 1.49. The number of fused-ring (bicyclic) bond motifs is 2. The van der Waals surface area contributed by atoms with E-state index in [4.69, 9.17) is 4.74 Å². The number of imidazole rings is 1. The lowest BCUT2D eigenvalue weighted by Gasteiger charge is -2.16. The van der Waals surface area contributed by atoms with Crippen LogP contribution in [0.3, 0.4) is 0 Å². The van der Waals surface area contributed by atoms with Gasteiger partial charge in [-0.25, -0.2) is 9.78 Å². The molecule has 0 aliphatic heterocycles. The summed E-state index contributed by atoms with van der Waals surface area (Å²) in [5.41, 5.74) is -0.476. The molecule has 0 amide bonds. The average molecular weight is 455 g/mol. The molecule has 0 fully saturated rings. The van der Waals surface area contributed by atoms with E-state index in [-0.39, 0.29) is 18.7 Å². The van der Waals surface area contributed by atoms with E-state index < -0.39 is 17.4 Å². The SMILES string of the molecule is CC(C)CSc1nc2c(c(=O)[nH]c(=O)n2C)n1C[C@@H](O)COc1cccc2ccccc12. The Kier molecular flexibility index (Phi) is 6.38. The summed E-state index contributed by atoms with van der Waals surface area (Å²) in [6, 6.07) is 13.7. The highest BCUT2D eigenvalue weighted by Gasteiger charge is 2.20. The molecule has 2 N–H and O–H groups in total. The first kappa shape index (κ1) is 22.2. The number of nitrogens with zero attached hydrogens (tertiary/aromatic N) is 3. The number of aryl methyl sites for hydroxylation is 1. The van der Waals surface area contributed by atoms with Gasteiger partial charge in [-0.15, -0.1) is 0 Å². The van der Waals surface area contributed by atoms with Crippen molar-refractivity contribution in [2.75, 3.05) is 12.4 Å². The highest BCUT2D eigenvalue weighted by Crippen LogP contribution is 2.26. The molecule has 168 valence electrons. The van der Waals surface area contributed by atoms with E-state index >= 15 is 0 Å². The average Bonchev–Trinajstić information content (AvgIpc) is 3.13. The maximum atomic E-state index is 12.6. The van der Waals surface area contributed by atoms with Crippen molar-refractivity contribution in [1.82, 2.24) is 19.1 Å². The molecule has 0 saturated carbocycles. The van der Waals surface area contributed by atoms with Crippen LogP contribution in [0.5, 0.6) is 5.75 Å². The number of benzene rings is 2. The fourth-order valence-electron chi connectivity index (χ4n) is 3.51. The Morgan fingerprint density at radius 3 is 2.69 bits per heavy atom. The van der Waals surface area contributed by atoms with E-state index in [9.17, 15) is 14.7 Å². The van der Waals surface area contributed by atoms with Gasteiger partial charge in [0.2, 0.25) is 0 Å². The number of aliphatic hydroxyl groups is 1. The summed E-state index contributed by atoms with van der Waals surface area (Å²) in [6.07, 6.45) is -0.888. The first-order valence-corrected chi connectivity index (χ1v) is 11.4. The van der Waals surface area contributed by atoms with Gasteiger partial charge in [0.15, 0.2) is 16.3 Å². The normalized spacial score (nSPS) is 12.7. The predicted molar refractivity (Wildman–Crippen MR) is 127 cm³/mol. The smallest absolute Gasteiger partial charge is 0.329 e. The minimum Gasteiger partial charge on any atom is -0.490 e. The summed E-state index contributed by atoms with van der Waals surface area (Å²) in [4.78, 5) is 31.4. The summed E-state index contributed by atoms with van der Waals surface area (Å²) in [5, 5.41) is 13.4. The molecule has 0 bridgehead atoms. The third-order valence-corrected chi connectivity index (χ3v) is 6.50. The number of hydrogen-bond acceptors (Lipinski definition) is 6. The summed E-state index contributed by atoms with van der Waals surface area (Å²) in [6.45, 7) is 4.35. The number of H-pyrrole nitrogens is 1.